The molecular formula is C25H23ClN2O3. The molecule has 3 aromatic rings. The molecule has 5 nitrogen and oxygen atoms in total. The summed E-state index contributed by atoms with van der Waals surface area (Å²) >= 11 is 6.56. The van der Waals surface area contributed by atoms with Gasteiger partial charge in [0.1, 0.15) is 0 Å². The lowest BCUT2D eigenvalue weighted by molar-refractivity contribution is 0.0631. The van der Waals surface area contributed by atoms with E-state index in [1.54, 1.807) is 17.7 Å². The summed E-state index contributed by atoms with van der Waals surface area (Å²) < 4.78 is 7.05. The number of aromatic nitrogens is 1. The molecule has 158 valence electrons. The number of likely N-dealkylation sites (tertiary alicyclic amines) is 1. The van der Waals surface area contributed by atoms with Gasteiger partial charge in [0.15, 0.2) is 0 Å². The third kappa shape index (κ3) is 3.29. The topological polar surface area (TPSA) is 51.5 Å². The summed E-state index contributed by atoms with van der Waals surface area (Å²) in [6.45, 7) is 1.59. The molecule has 2 aliphatic rings. The van der Waals surface area contributed by atoms with Crippen molar-refractivity contribution in [3.63, 3.8) is 0 Å². The second-order valence-corrected chi connectivity index (χ2v) is 8.51. The maximum Gasteiger partial charge on any atom is 0.259 e. The van der Waals surface area contributed by atoms with Crippen LogP contribution < -0.4 is 5.56 Å². The van der Waals surface area contributed by atoms with Crippen molar-refractivity contribution in [1.29, 1.82) is 0 Å². The molecule has 0 radical (unpaired) electrons. The SMILES string of the molecule is COC[C@H]1CCCN1C(=O)c1cc(-c2ccccc2)c(=O)n2c1-c1c(Cl)cccc1C2. The smallest absolute Gasteiger partial charge is 0.259 e. The highest BCUT2D eigenvalue weighted by molar-refractivity contribution is 6.33. The van der Waals surface area contributed by atoms with Crippen molar-refractivity contribution in [3.05, 3.63) is 81.1 Å². The van der Waals surface area contributed by atoms with E-state index in [0.29, 0.717) is 41.5 Å². The van der Waals surface area contributed by atoms with Gasteiger partial charge in [-0.1, -0.05) is 54.1 Å². The monoisotopic (exact) mass is 434 g/mol. The normalized spacial score (nSPS) is 17.0. The molecule has 1 saturated heterocycles. The van der Waals surface area contributed by atoms with Gasteiger partial charge in [0, 0.05) is 24.8 Å². The largest absolute Gasteiger partial charge is 0.383 e. The first-order valence-electron chi connectivity index (χ1n) is 10.5. The number of hydrogen-bond donors (Lipinski definition) is 0. The Balaban J connectivity index is 1.74. The summed E-state index contributed by atoms with van der Waals surface area (Å²) in [5.74, 6) is -0.0757. The van der Waals surface area contributed by atoms with E-state index >= 15 is 0 Å². The molecule has 0 saturated carbocycles. The summed E-state index contributed by atoms with van der Waals surface area (Å²) in [7, 11) is 1.66. The molecule has 1 atom stereocenters. The van der Waals surface area contributed by atoms with E-state index in [1.807, 2.05) is 53.4 Å². The lowest BCUT2D eigenvalue weighted by Gasteiger charge is -2.25. The van der Waals surface area contributed by atoms with Crippen LogP contribution in [0.2, 0.25) is 5.02 Å². The molecule has 5 rings (SSSR count). The highest BCUT2D eigenvalue weighted by atomic mass is 35.5. The maximum absolute atomic E-state index is 13.8. The Kier molecular flexibility index (Phi) is 5.16. The number of halogens is 1. The van der Waals surface area contributed by atoms with Crippen LogP contribution in [0.25, 0.3) is 22.4 Å². The number of methoxy groups -OCH3 is 1. The fourth-order valence-corrected chi connectivity index (χ4v) is 5.12. The Morgan fingerprint density at radius 1 is 1.16 bits per heavy atom. The molecule has 2 aromatic carbocycles. The van der Waals surface area contributed by atoms with E-state index in [4.69, 9.17) is 16.3 Å². The van der Waals surface area contributed by atoms with Crippen molar-refractivity contribution < 1.29 is 9.53 Å². The molecule has 1 aromatic heterocycles. The zero-order valence-electron chi connectivity index (χ0n) is 17.3. The minimum Gasteiger partial charge on any atom is -0.383 e. The third-order valence-electron chi connectivity index (χ3n) is 6.27. The molecule has 0 N–H and O–H groups in total. The Morgan fingerprint density at radius 2 is 1.97 bits per heavy atom. The first-order valence-corrected chi connectivity index (χ1v) is 10.9. The second-order valence-electron chi connectivity index (χ2n) is 8.10. The molecule has 1 fully saturated rings. The number of amides is 1. The van der Waals surface area contributed by atoms with Crippen molar-refractivity contribution in [3.8, 4) is 22.4 Å². The van der Waals surface area contributed by atoms with Gasteiger partial charge in [0.05, 0.1) is 35.5 Å². The Labute approximate surface area is 185 Å². The highest BCUT2D eigenvalue weighted by Gasteiger charge is 2.35. The fourth-order valence-electron chi connectivity index (χ4n) is 4.83. The van der Waals surface area contributed by atoms with Gasteiger partial charge in [-0.25, -0.2) is 0 Å². The predicted molar refractivity (Wildman–Crippen MR) is 122 cm³/mol. The maximum atomic E-state index is 13.8. The first kappa shape index (κ1) is 20.0. The Bertz CT molecular complexity index is 1220. The zero-order valence-corrected chi connectivity index (χ0v) is 18.1. The summed E-state index contributed by atoms with van der Waals surface area (Å²) in [6, 6.07) is 17.0. The number of rotatable bonds is 4. The predicted octanol–water partition coefficient (Wildman–Crippen LogP) is 4.45. The minimum absolute atomic E-state index is 0.0392. The van der Waals surface area contributed by atoms with Gasteiger partial charge in [0.25, 0.3) is 11.5 Å². The summed E-state index contributed by atoms with van der Waals surface area (Å²) in [5.41, 5.74) is 4.10. The van der Waals surface area contributed by atoms with Crippen LogP contribution in [0.4, 0.5) is 0 Å². The number of benzene rings is 2. The van der Waals surface area contributed by atoms with Crippen molar-refractivity contribution >= 4 is 17.5 Å². The summed E-state index contributed by atoms with van der Waals surface area (Å²) in [5, 5.41) is 0.555. The van der Waals surface area contributed by atoms with Crippen LogP contribution >= 0.6 is 11.6 Å². The van der Waals surface area contributed by atoms with Gasteiger partial charge in [-0.05, 0) is 36.1 Å². The van der Waals surface area contributed by atoms with Crippen LogP contribution in [-0.2, 0) is 11.3 Å². The van der Waals surface area contributed by atoms with Gasteiger partial charge >= 0.3 is 0 Å². The minimum atomic E-state index is -0.111. The van der Waals surface area contributed by atoms with Gasteiger partial charge in [0.2, 0.25) is 0 Å². The van der Waals surface area contributed by atoms with Crippen molar-refractivity contribution in [2.45, 2.75) is 25.4 Å². The number of carbonyl (C=O) groups excluding carboxylic acids is 1. The number of fused-ring (bicyclic) bond motifs is 3. The van der Waals surface area contributed by atoms with Gasteiger partial charge in [-0.3, -0.25) is 9.59 Å². The second kappa shape index (κ2) is 7.98. The van der Waals surface area contributed by atoms with Crippen LogP contribution in [0.3, 0.4) is 0 Å². The van der Waals surface area contributed by atoms with E-state index in [2.05, 4.69) is 0 Å². The number of nitrogens with zero attached hydrogens (tertiary/aromatic N) is 2. The molecule has 6 heteroatoms. The van der Waals surface area contributed by atoms with Crippen molar-refractivity contribution in [2.24, 2.45) is 0 Å². The Morgan fingerprint density at radius 3 is 2.74 bits per heavy atom. The number of hydrogen-bond acceptors (Lipinski definition) is 3. The average Bonchev–Trinajstić information content (AvgIpc) is 3.40. The molecule has 1 amide bonds. The lowest BCUT2D eigenvalue weighted by Crippen LogP contribution is -2.39. The number of ether oxygens (including phenoxy) is 1. The van der Waals surface area contributed by atoms with Gasteiger partial charge in [-0.15, -0.1) is 0 Å². The van der Waals surface area contributed by atoms with E-state index < -0.39 is 0 Å². The lowest BCUT2D eigenvalue weighted by atomic mass is 9.99. The van der Waals surface area contributed by atoms with Crippen LogP contribution in [-0.4, -0.2) is 41.7 Å². The average molecular weight is 435 g/mol. The standard InChI is InChI=1S/C25H23ClN2O3/c1-31-15-18-10-6-12-27(18)25(30)20-13-19(16-7-3-2-4-8-16)24(29)28-14-17-9-5-11-21(26)22(17)23(20)28/h2-5,7-9,11,13,18H,6,10,12,14-15H2,1H3/t18-/m1/s1. The summed E-state index contributed by atoms with van der Waals surface area (Å²) in [4.78, 5) is 29.2. The van der Waals surface area contributed by atoms with Gasteiger partial charge in [-0.2, -0.15) is 0 Å². The summed E-state index contributed by atoms with van der Waals surface area (Å²) in [6.07, 6.45) is 1.86. The van der Waals surface area contributed by atoms with Crippen molar-refractivity contribution in [2.75, 3.05) is 20.3 Å². The highest BCUT2D eigenvalue weighted by Crippen LogP contribution is 2.40. The molecule has 0 aliphatic carbocycles. The van der Waals surface area contributed by atoms with E-state index in [1.165, 1.54) is 0 Å². The molecule has 3 heterocycles. The van der Waals surface area contributed by atoms with Gasteiger partial charge < -0.3 is 14.2 Å². The number of pyridine rings is 1. The molecule has 0 unspecified atom stereocenters. The van der Waals surface area contributed by atoms with Crippen LogP contribution in [0.1, 0.15) is 28.8 Å². The first-order chi connectivity index (χ1) is 15.1. The van der Waals surface area contributed by atoms with Crippen LogP contribution in [0, 0.1) is 0 Å². The Hall–Kier alpha value is -2.89. The molecule has 2 aliphatic heterocycles. The molecule has 31 heavy (non-hydrogen) atoms. The van der Waals surface area contributed by atoms with Crippen molar-refractivity contribution in [1.82, 2.24) is 9.47 Å². The van der Waals surface area contributed by atoms with Crippen LogP contribution in [0.15, 0.2) is 59.4 Å². The van der Waals surface area contributed by atoms with E-state index in [0.717, 1.165) is 29.5 Å². The zero-order chi connectivity index (χ0) is 21.5. The van der Waals surface area contributed by atoms with E-state index in [-0.39, 0.29) is 17.5 Å². The quantitative estimate of drug-likeness (QED) is 0.477. The van der Waals surface area contributed by atoms with Crippen LogP contribution in [0.5, 0.6) is 0 Å². The third-order valence-corrected chi connectivity index (χ3v) is 6.58. The molecule has 0 spiro atoms. The molecular weight excluding hydrogens is 412 g/mol. The number of carbonyl (C=O) groups is 1. The van der Waals surface area contributed by atoms with E-state index in [9.17, 15) is 9.59 Å². The fraction of sp³-hybridized carbons (Fsp3) is 0.280. The molecule has 0 bridgehead atoms.